The van der Waals surface area contributed by atoms with Crippen molar-refractivity contribution >= 4 is 34.1 Å². The van der Waals surface area contributed by atoms with Gasteiger partial charge < -0.3 is 4.74 Å². The molecule has 0 aliphatic carbocycles. The number of hydrogen-bond donors (Lipinski definition) is 1. The molecule has 0 bridgehead atoms. The lowest BCUT2D eigenvalue weighted by atomic mass is 10.1. The fourth-order valence-corrected chi connectivity index (χ4v) is 3.11. The summed E-state index contributed by atoms with van der Waals surface area (Å²) in [6, 6.07) is 12.0. The van der Waals surface area contributed by atoms with Crippen LogP contribution in [0.4, 0.5) is 19.6 Å². The van der Waals surface area contributed by atoms with Crippen LogP contribution in [-0.2, 0) is 4.79 Å². The summed E-state index contributed by atoms with van der Waals surface area (Å²) in [6.45, 7) is -2.96. The SMILES string of the molecule is O=C(/C=C/c1cccc([N+](=O)[O-])c1)Nc1nc(-c2ccccc2OC(F)F)cs1. The molecule has 0 atom stereocenters. The third-order valence-corrected chi connectivity index (χ3v) is 4.38. The molecule has 0 saturated heterocycles. The summed E-state index contributed by atoms with van der Waals surface area (Å²) in [5.74, 6) is -0.509. The van der Waals surface area contributed by atoms with E-state index in [1.807, 2.05) is 0 Å². The van der Waals surface area contributed by atoms with E-state index in [9.17, 15) is 23.7 Å². The molecule has 0 unspecified atom stereocenters. The zero-order valence-electron chi connectivity index (χ0n) is 14.6. The number of thiazole rings is 1. The van der Waals surface area contributed by atoms with Crippen LogP contribution in [0.3, 0.4) is 0 Å². The van der Waals surface area contributed by atoms with Crippen molar-refractivity contribution in [3.8, 4) is 17.0 Å². The van der Waals surface area contributed by atoms with E-state index in [0.717, 1.165) is 11.3 Å². The fourth-order valence-electron chi connectivity index (χ4n) is 2.39. The summed E-state index contributed by atoms with van der Waals surface area (Å²) in [6.07, 6.45) is 2.65. The third kappa shape index (κ3) is 5.42. The monoisotopic (exact) mass is 417 g/mol. The molecule has 0 aliphatic rings. The van der Waals surface area contributed by atoms with Crippen LogP contribution in [0.25, 0.3) is 17.3 Å². The van der Waals surface area contributed by atoms with Gasteiger partial charge in [0.1, 0.15) is 5.75 Å². The van der Waals surface area contributed by atoms with Gasteiger partial charge in [0.2, 0.25) is 5.91 Å². The van der Waals surface area contributed by atoms with Gasteiger partial charge >= 0.3 is 6.61 Å². The first kappa shape index (κ1) is 20.1. The predicted octanol–water partition coefficient (Wildman–Crippen LogP) is 4.97. The van der Waals surface area contributed by atoms with Gasteiger partial charge in [-0.3, -0.25) is 20.2 Å². The van der Waals surface area contributed by atoms with Crippen LogP contribution in [-0.4, -0.2) is 22.4 Å². The van der Waals surface area contributed by atoms with Gasteiger partial charge in [0.25, 0.3) is 5.69 Å². The van der Waals surface area contributed by atoms with Crippen LogP contribution in [0.2, 0.25) is 0 Å². The second-order valence-electron chi connectivity index (χ2n) is 5.59. The Morgan fingerprint density at radius 3 is 2.79 bits per heavy atom. The van der Waals surface area contributed by atoms with Crippen molar-refractivity contribution in [1.82, 2.24) is 4.98 Å². The van der Waals surface area contributed by atoms with E-state index in [-0.39, 0.29) is 16.6 Å². The molecule has 10 heteroatoms. The topological polar surface area (TPSA) is 94.4 Å². The molecule has 2 aromatic carbocycles. The van der Waals surface area contributed by atoms with Crippen molar-refractivity contribution in [2.24, 2.45) is 0 Å². The quantitative estimate of drug-likeness (QED) is 0.333. The average Bonchev–Trinajstić information content (AvgIpc) is 3.14. The number of anilines is 1. The van der Waals surface area contributed by atoms with Crippen molar-refractivity contribution in [3.63, 3.8) is 0 Å². The highest BCUT2D eigenvalue weighted by Crippen LogP contribution is 2.33. The normalized spacial score (nSPS) is 11.0. The Morgan fingerprint density at radius 1 is 1.24 bits per heavy atom. The van der Waals surface area contributed by atoms with Gasteiger partial charge in [-0.15, -0.1) is 11.3 Å². The number of ether oxygens (including phenoxy) is 1. The van der Waals surface area contributed by atoms with Crippen molar-refractivity contribution in [1.29, 1.82) is 0 Å². The maximum absolute atomic E-state index is 12.5. The van der Waals surface area contributed by atoms with Crippen LogP contribution in [0.1, 0.15) is 5.56 Å². The van der Waals surface area contributed by atoms with E-state index in [2.05, 4.69) is 15.0 Å². The summed E-state index contributed by atoms with van der Waals surface area (Å²) < 4.78 is 29.6. The third-order valence-electron chi connectivity index (χ3n) is 3.62. The van der Waals surface area contributed by atoms with E-state index >= 15 is 0 Å². The second-order valence-corrected chi connectivity index (χ2v) is 6.45. The first-order chi connectivity index (χ1) is 13.9. The van der Waals surface area contributed by atoms with Crippen LogP contribution in [0.15, 0.2) is 60.0 Å². The highest BCUT2D eigenvalue weighted by atomic mass is 32.1. The first-order valence-electron chi connectivity index (χ1n) is 8.15. The van der Waals surface area contributed by atoms with Crippen molar-refractivity contribution in [3.05, 3.63) is 75.7 Å². The average molecular weight is 417 g/mol. The highest BCUT2D eigenvalue weighted by molar-refractivity contribution is 7.14. The Bertz CT molecular complexity index is 1070. The number of rotatable bonds is 7. The maximum atomic E-state index is 12.5. The Kier molecular flexibility index (Phi) is 6.25. The first-order valence-corrected chi connectivity index (χ1v) is 9.03. The summed E-state index contributed by atoms with van der Waals surface area (Å²) in [4.78, 5) is 26.5. The lowest BCUT2D eigenvalue weighted by Gasteiger charge is -2.08. The molecule has 148 valence electrons. The molecular formula is C19H13F2N3O4S. The molecule has 29 heavy (non-hydrogen) atoms. The lowest BCUT2D eigenvalue weighted by molar-refractivity contribution is -0.384. The number of carbonyl (C=O) groups is 1. The molecule has 0 radical (unpaired) electrons. The summed E-state index contributed by atoms with van der Waals surface area (Å²) in [7, 11) is 0. The van der Waals surface area contributed by atoms with Crippen molar-refractivity contribution in [2.75, 3.05) is 5.32 Å². The van der Waals surface area contributed by atoms with E-state index in [0.29, 0.717) is 16.8 Å². The number of non-ortho nitro benzene ring substituents is 1. The molecule has 1 aromatic heterocycles. The van der Waals surface area contributed by atoms with Crippen LogP contribution in [0.5, 0.6) is 5.75 Å². The summed E-state index contributed by atoms with van der Waals surface area (Å²) in [5, 5.41) is 15.2. The van der Waals surface area contributed by atoms with Crippen molar-refractivity contribution < 1.29 is 23.2 Å². The van der Waals surface area contributed by atoms with Gasteiger partial charge in [-0.25, -0.2) is 4.98 Å². The fraction of sp³-hybridized carbons (Fsp3) is 0.0526. The van der Waals surface area contributed by atoms with Gasteiger partial charge in [0, 0.05) is 29.2 Å². The number of nitro benzene ring substituents is 1. The number of aromatic nitrogens is 1. The number of halogens is 2. The highest BCUT2D eigenvalue weighted by Gasteiger charge is 2.14. The number of nitrogens with zero attached hydrogens (tertiary/aromatic N) is 2. The van der Waals surface area contributed by atoms with E-state index in [1.54, 1.807) is 29.6 Å². The van der Waals surface area contributed by atoms with Gasteiger partial charge in [-0.05, 0) is 23.8 Å². The number of benzene rings is 2. The number of alkyl halides is 2. The second kappa shape index (κ2) is 9.02. The Balaban J connectivity index is 1.70. The molecule has 1 heterocycles. The van der Waals surface area contributed by atoms with Gasteiger partial charge in [-0.1, -0.05) is 24.3 Å². The standard InChI is InChI=1S/C19H13F2N3O4S/c20-18(21)28-16-7-2-1-6-14(16)15-11-29-19(22-15)23-17(25)9-8-12-4-3-5-13(10-12)24(26)27/h1-11,18H,(H,22,23,25)/b9-8+. The van der Waals surface area contributed by atoms with Crippen molar-refractivity contribution in [2.45, 2.75) is 6.61 Å². The van der Waals surface area contributed by atoms with Crippen LogP contribution in [0, 0.1) is 10.1 Å². The van der Waals surface area contributed by atoms with Gasteiger partial charge in [0.15, 0.2) is 5.13 Å². The lowest BCUT2D eigenvalue weighted by Crippen LogP contribution is -2.07. The molecular weight excluding hydrogens is 404 g/mol. The van der Waals surface area contributed by atoms with Crippen LogP contribution >= 0.6 is 11.3 Å². The molecule has 1 amide bonds. The minimum atomic E-state index is -2.96. The molecule has 1 N–H and O–H groups in total. The molecule has 0 saturated carbocycles. The smallest absolute Gasteiger partial charge is 0.387 e. The Hall–Kier alpha value is -3.66. The zero-order valence-corrected chi connectivity index (χ0v) is 15.4. The zero-order chi connectivity index (χ0) is 20.8. The molecule has 3 aromatic rings. The van der Waals surface area contributed by atoms with Gasteiger partial charge in [-0.2, -0.15) is 8.78 Å². The number of nitro groups is 1. The van der Waals surface area contributed by atoms with E-state index < -0.39 is 17.4 Å². The largest absolute Gasteiger partial charge is 0.434 e. The Labute approximate surface area is 167 Å². The van der Waals surface area contributed by atoms with E-state index in [1.165, 1.54) is 36.4 Å². The summed E-state index contributed by atoms with van der Waals surface area (Å²) in [5.41, 5.74) is 1.16. The van der Waals surface area contributed by atoms with Gasteiger partial charge in [0.05, 0.1) is 10.6 Å². The minimum absolute atomic E-state index is 0.0174. The minimum Gasteiger partial charge on any atom is -0.434 e. The number of hydrogen-bond acceptors (Lipinski definition) is 6. The molecule has 0 fully saturated rings. The maximum Gasteiger partial charge on any atom is 0.387 e. The number of amides is 1. The number of carbonyl (C=O) groups excluding carboxylic acids is 1. The summed E-state index contributed by atoms with van der Waals surface area (Å²) >= 11 is 1.12. The predicted molar refractivity (Wildman–Crippen MR) is 105 cm³/mol. The molecule has 7 nitrogen and oxygen atoms in total. The van der Waals surface area contributed by atoms with Crippen LogP contribution < -0.4 is 10.1 Å². The number of para-hydroxylation sites is 1. The van der Waals surface area contributed by atoms with E-state index in [4.69, 9.17) is 0 Å². The molecule has 0 spiro atoms. The molecule has 3 rings (SSSR count). The number of nitrogens with one attached hydrogen (secondary N) is 1. The molecule has 0 aliphatic heterocycles. The Morgan fingerprint density at radius 2 is 2.03 bits per heavy atom.